The van der Waals surface area contributed by atoms with Crippen LogP contribution in [0, 0.1) is 3.57 Å². The van der Waals surface area contributed by atoms with Crippen LogP contribution >= 0.6 is 22.6 Å². The third-order valence-electron chi connectivity index (χ3n) is 3.17. The minimum absolute atomic E-state index is 0.0860. The van der Waals surface area contributed by atoms with Gasteiger partial charge in [-0.05, 0) is 46.9 Å². The molecule has 0 aliphatic rings. The van der Waals surface area contributed by atoms with Gasteiger partial charge >= 0.3 is 6.18 Å². The first kappa shape index (κ1) is 16.0. The smallest absolute Gasteiger partial charge is 0.433 e. The molecule has 8 heteroatoms. The van der Waals surface area contributed by atoms with Crippen LogP contribution in [0.3, 0.4) is 0 Å². The van der Waals surface area contributed by atoms with Gasteiger partial charge in [-0.2, -0.15) is 18.3 Å². The minimum atomic E-state index is -4.53. The maximum atomic E-state index is 13.0. The molecule has 120 valence electrons. The second kappa shape index (κ2) is 5.99. The summed E-state index contributed by atoms with van der Waals surface area (Å²) in [6.45, 7) is 0.0860. The Labute approximate surface area is 143 Å². The van der Waals surface area contributed by atoms with E-state index in [0.29, 0.717) is 11.1 Å². The highest BCUT2D eigenvalue weighted by atomic mass is 127. The molecule has 0 spiro atoms. The van der Waals surface area contributed by atoms with Gasteiger partial charge in [-0.1, -0.05) is 0 Å². The van der Waals surface area contributed by atoms with E-state index in [9.17, 15) is 13.2 Å². The maximum Gasteiger partial charge on any atom is 0.433 e. The molecule has 23 heavy (non-hydrogen) atoms. The second-order valence-electron chi connectivity index (χ2n) is 4.93. The normalized spacial score (nSPS) is 11.9. The Morgan fingerprint density at radius 3 is 2.65 bits per heavy atom. The minimum Gasteiger partial charge on any atom is -0.486 e. The van der Waals surface area contributed by atoms with Crippen LogP contribution in [-0.4, -0.2) is 14.8 Å². The topological polar surface area (TPSA) is 39.9 Å². The predicted molar refractivity (Wildman–Crippen MR) is 87.0 cm³/mol. The maximum absolute atomic E-state index is 13.0. The molecule has 0 radical (unpaired) electrons. The number of alkyl halides is 3. The molecule has 0 saturated carbocycles. The summed E-state index contributed by atoms with van der Waals surface area (Å²) < 4.78 is 47.1. The van der Waals surface area contributed by atoms with E-state index in [-0.39, 0.29) is 17.9 Å². The van der Waals surface area contributed by atoms with Gasteiger partial charge in [0, 0.05) is 28.3 Å². The molecule has 0 amide bonds. The van der Waals surface area contributed by atoms with Gasteiger partial charge in [0.05, 0.1) is 11.2 Å². The molecule has 2 heterocycles. The number of rotatable bonds is 3. The average Bonchev–Trinajstić information content (AvgIpc) is 2.89. The van der Waals surface area contributed by atoms with Gasteiger partial charge in [0.25, 0.3) is 0 Å². The molecular weight excluding hydrogens is 422 g/mol. The fourth-order valence-electron chi connectivity index (χ4n) is 2.12. The number of halogens is 4. The molecule has 0 atom stereocenters. The molecule has 0 unspecified atom stereocenters. The molecule has 3 rings (SSSR count). The molecular formula is C15H11F3IN3O. The monoisotopic (exact) mass is 433 g/mol. The molecule has 0 saturated heterocycles. The first-order chi connectivity index (χ1) is 10.8. The van der Waals surface area contributed by atoms with Crippen molar-refractivity contribution in [3.8, 4) is 5.75 Å². The fraction of sp³-hybridized carbons (Fsp3) is 0.200. The molecule has 3 aromatic rings. The Bertz CT molecular complexity index is 861. The number of ether oxygens (including phenoxy) is 1. The summed E-state index contributed by atoms with van der Waals surface area (Å²) in [6, 6.07) is 7.69. The van der Waals surface area contributed by atoms with E-state index in [1.54, 1.807) is 42.2 Å². The summed E-state index contributed by atoms with van der Waals surface area (Å²) in [7, 11) is 1.76. The Kier molecular flexibility index (Phi) is 4.17. The van der Waals surface area contributed by atoms with Crippen LogP contribution in [0.2, 0.25) is 0 Å². The fourth-order valence-corrected chi connectivity index (χ4v) is 2.61. The molecule has 0 bridgehead atoms. The summed E-state index contributed by atoms with van der Waals surface area (Å²) in [5.74, 6) is 0.145. The van der Waals surface area contributed by atoms with E-state index in [0.717, 1.165) is 9.64 Å². The van der Waals surface area contributed by atoms with Crippen molar-refractivity contribution in [3.63, 3.8) is 0 Å². The highest BCUT2D eigenvalue weighted by Gasteiger charge is 2.33. The summed E-state index contributed by atoms with van der Waals surface area (Å²) >= 11 is 2.09. The van der Waals surface area contributed by atoms with E-state index >= 15 is 0 Å². The molecule has 2 aromatic heterocycles. The summed E-state index contributed by atoms with van der Waals surface area (Å²) in [5, 5.41) is 4.69. The van der Waals surface area contributed by atoms with Crippen LogP contribution in [0.25, 0.3) is 10.9 Å². The summed E-state index contributed by atoms with van der Waals surface area (Å²) in [4.78, 5) is 3.68. The first-order valence-corrected chi connectivity index (χ1v) is 7.69. The lowest BCUT2D eigenvalue weighted by atomic mass is 10.2. The van der Waals surface area contributed by atoms with Crippen LogP contribution < -0.4 is 4.74 Å². The first-order valence-electron chi connectivity index (χ1n) is 6.62. The highest BCUT2D eigenvalue weighted by molar-refractivity contribution is 14.1. The lowest BCUT2D eigenvalue weighted by Crippen LogP contribution is -2.09. The van der Waals surface area contributed by atoms with Crippen molar-refractivity contribution in [2.75, 3.05) is 0 Å². The van der Waals surface area contributed by atoms with E-state index in [1.165, 1.54) is 0 Å². The zero-order valence-corrected chi connectivity index (χ0v) is 14.1. The molecule has 1 aromatic carbocycles. The zero-order valence-electron chi connectivity index (χ0n) is 11.9. The van der Waals surface area contributed by atoms with Crippen molar-refractivity contribution in [1.82, 2.24) is 14.8 Å². The number of hydrogen-bond donors (Lipinski definition) is 0. The van der Waals surface area contributed by atoms with E-state index in [1.807, 2.05) is 0 Å². The van der Waals surface area contributed by atoms with Gasteiger partial charge in [-0.3, -0.25) is 4.68 Å². The third-order valence-corrected chi connectivity index (χ3v) is 3.84. The number of aryl methyl sites for hydroxylation is 1. The standard InChI is InChI=1S/C15H11F3IN3O/c1-22-5-4-10(21-22)8-23-13-7-14(15(16,17)18)20-12-3-2-9(19)6-11(12)13/h2-7H,8H2,1H3. The van der Waals surface area contributed by atoms with Crippen molar-refractivity contribution in [3.05, 3.63) is 51.5 Å². The Morgan fingerprint density at radius 2 is 2.00 bits per heavy atom. The zero-order chi connectivity index (χ0) is 16.6. The van der Waals surface area contributed by atoms with Gasteiger partial charge in [0.15, 0.2) is 0 Å². The second-order valence-corrected chi connectivity index (χ2v) is 6.18. The van der Waals surface area contributed by atoms with E-state index in [4.69, 9.17) is 4.74 Å². The van der Waals surface area contributed by atoms with Crippen LogP contribution in [0.1, 0.15) is 11.4 Å². The SMILES string of the molecule is Cn1ccc(COc2cc(C(F)(F)F)nc3ccc(I)cc23)n1. The van der Waals surface area contributed by atoms with Crippen LogP contribution in [0.15, 0.2) is 36.5 Å². The Hall–Kier alpha value is -1.84. The number of aromatic nitrogens is 3. The molecule has 4 nitrogen and oxygen atoms in total. The van der Waals surface area contributed by atoms with Gasteiger partial charge in [-0.25, -0.2) is 4.98 Å². The Morgan fingerprint density at radius 1 is 1.22 bits per heavy atom. The number of fused-ring (bicyclic) bond motifs is 1. The largest absolute Gasteiger partial charge is 0.486 e. The molecule has 0 aliphatic carbocycles. The lowest BCUT2D eigenvalue weighted by Gasteiger charge is -2.12. The number of benzene rings is 1. The predicted octanol–water partition coefficient (Wildman–Crippen LogP) is 4.17. The molecule has 0 N–H and O–H groups in total. The Balaban J connectivity index is 2.03. The van der Waals surface area contributed by atoms with Crippen LogP contribution in [0.5, 0.6) is 5.75 Å². The van der Waals surface area contributed by atoms with Crippen molar-refractivity contribution in [2.45, 2.75) is 12.8 Å². The quantitative estimate of drug-likeness (QED) is 0.583. The summed E-state index contributed by atoms with van der Waals surface area (Å²) in [6.07, 6.45) is -2.78. The molecule has 0 fully saturated rings. The van der Waals surface area contributed by atoms with Gasteiger partial charge in [0.2, 0.25) is 0 Å². The van der Waals surface area contributed by atoms with Gasteiger partial charge in [-0.15, -0.1) is 0 Å². The van der Waals surface area contributed by atoms with E-state index < -0.39 is 11.9 Å². The number of nitrogens with zero attached hydrogens (tertiary/aromatic N) is 3. The number of hydrogen-bond acceptors (Lipinski definition) is 3. The van der Waals surface area contributed by atoms with Gasteiger partial charge < -0.3 is 4.74 Å². The average molecular weight is 433 g/mol. The van der Waals surface area contributed by atoms with Crippen LogP contribution in [0.4, 0.5) is 13.2 Å². The lowest BCUT2D eigenvalue weighted by molar-refractivity contribution is -0.141. The van der Waals surface area contributed by atoms with Crippen molar-refractivity contribution >= 4 is 33.5 Å². The van der Waals surface area contributed by atoms with Crippen molar-refractivity contribution in [1.29, 1.82) is 0 Å². The number of pyridine rings is 1. The van der Waals surface area contributed by atoms with E-state index in [2.05, 4.69) is 32.7 Å². The summed E-state index contributed by atoms with van der Waals surface area (Å²) in [5.41, 5.74) is -0.0878. The van der Waals surface area contributed by atoms with Gasteiger partial charge in [0.1, 0.15) is 18.1 Å². The van der Waals surface area contributed by atoms with Crippen molar-refractivity contribution in [2.24, 2.45) is 7.05 Å². The van der Waals surface area contributed by atoms with Crippen molar-refractivity contribution < 1.29 is 17.9 Å². The van der Waals surface area contributed by atoms with Crippen LogP contribution in [-0.2, 0) is 19.8 Å². The molecule has 0 aliphatic heterocycles. The highest BCUT2D eigenvalue weighted by Crippen LogP contribution is 2.35. The third kappa shape index (κ3) is 3.57.